The van der Waals surface area contributed by atoms with Crippen molar-refractivity contribution < 1.29 is 32.2 Å². The summed E-state index contributed by atoms with van der Waals surface area (Å²) in [5, 5.41) is 2.55. The van der Waals surface area contributed by atoms with Gasteiger partial charge in [0, 0.05) is 31.5 Å². The summed E-state index contributed by atoms with van der Waals surface area (Å²) in [6.07, 6.45) is -3.91. The lowest BCUT2D eigenvalue weighted by atomic mass is 10.0. The Morgan fingerprint density at radius 1 is 1.24 bits per heavy atom. The van der Waals surface area contributed by atoms with Gasteiger partial charge in [-0.3, -0.25) is 9.59 Å². The number of likely N-dealkylation sites (tertiary alicyclic amines) is 1. The number of H-pyrrole nitrogens is 1. The highest BCUT2D eigenvalue weighted by Gasteiger charge is 2.27. The van der Waals surface area contributed by atoms with Crippen LogP contribution in [-0.2, 0) is 4.79 Å². The van der Waals surface area contributed by atoms with Gasteiger partial charge >= 0.3 is 6.09 Å². The van der Waals surface area contributed by atoms with Crippen molar-refractivity contribution in [2.24, 2.45) is 0 Å². The second kappa shape index (κ2) is 10.4. The van der Waals surface area contributed by atoms with E-state index in [0.29, 0.717) is 19.5 Å². The van der Waals surface area contributed by atoms with Crippen LogP contribution in [0.3, 0.4) is 0 Å². The number of benzene rings is 1. The van der Waals surface area contributed by atoms with E-state index in [1.165, 1.54) is 39.0 Å². The predicted molar refractivity (Wildman–Crippen MR) is 125 cm³/mol. The lowest BCUT2D eigenvalue weighted by Crippen LogP contribution is -2.31. The maximum absolute atomic E-state index is 14.5. The number of nitrogens with zero attached hydrogens (tertiary/aromatic N) is 3. The smallest absolute Gasteiger partial charge is 0.414 e. The van der Waals surface area contributed by atoms with E-state index in [1.54, 1.807) is 4.90 Å². The third-order valence-electron chi connectivity index (χ3n) is 5.92. The van der Waals surface area contributed by atoms with Gasteiger partial charge in [0.1, 0.15) is 23.4 Å². The minimum Gasteiger partial charge on any atom is -0.483 e. The SMILES string of the molecule is CC(=O)N1CC[C@H](Oc2cc3c(OC(=O)N[C@H](C)c4cccc(C(F)F)c4F)nc(C)nc3[nH]c2=O)C1. The zero-order valence-electron chi connectivity index (χ0n) is 20.2. The van der Waals surface area contributed by atoms with Crippen molar-refractivity contribution in [1.82, 2.24) is 25.2 Å². The molecule has 3 heterocycles. The van der Waals surface area contributed by atoms with E-state index in [0.717, 1.165) is 6.07 Å². The summed E-state index contributed by atoms with van der Waals surface area (Å²) in [6, 6.07) is 3.84. The zero-order chi connectivity index (χ0) is 26.9. The van der Waals surface area contributed by atoms with Gasteiger partial charge in [-0.1, -0.05) is 18.2 Å². The molecule has 0 spiro atoms. The van der Waals surface area contributed by atoms with Crippen LogP contribution in [0.2, 0.25) is 0 Å². The van der Waals surface area contributed by atoms with Crippen LogP contribution in [0.25, 0.3) is 11.0 Å². The van der Waals surface area contributed by atoms with Gasteiger partial charge in [-0.05, 0) is 13.8 Å². The number of carbonyl (C=O) groups excluding carboxylic acids is 2. The van der Waals surface area contributed by atoms with Crippen LogP contribution in [0.4, 0.5) is 18.0 Å². The van der Waals surface area contributed by atoms with Crippen molar-refractivity contribution in [3.8, 4) is 11.6 Å². The molecule has 2 aromatic heterocycles. The molecule has 196 valence electrons. The van der Waals surface area contributed by atoms with Gasteiger partial charge < -0.3 is 24.7 Å². The number of halogens is 3. The molecular formula is C24H24F3N5O5. The first-order valence-corrected chi connectivity index (χ1v) is 11.4. The fourth-order valence-electron chi connectivity index (χ4n) is 4.05. The van der Waals surface area contributed by atoms with Crippen molar-refractivity contribution in [3.05, 3.63) is 57.4 Å². The van der Waals surface area contributed by atoms with Crippen LogP contribution < -0.4 is 20.3 Å². The molecule has 1 aliphatic rings. The third-order valence-corrected chi connectivity index (χ3v) is 5.92. The number of aryl methyl sites for hydroxylation is 1. The Kier molecular flexibility index (Phi) is 7.32. The summed E-state index contributed by atoms with van der Waals surface area (Å²) < 4.78 is 51.7. The summed E-state index contributed by atoms with van der Waals surface area (Å²) in [5.74, 6) is -1.30. The van der Waals surface area contributed by atoms with E-state index in [-0.39, 0.29) is 40.0 Å². The van der Waals surface area contributed by atoms with Crippen molar-refractivity contribution in [2.75, 3.05) is 13.1 Å². The Morgan fingerprint density at radius 2 is 1.97 bits per heavy atom. The molecule has 0 aliphatic carbocycles. The van der Waals surface area contributed by atoms with Gasteiger partial charge in [-0.2, -0.15) is 4.98 Å². The molecule has 1 saturated heterocycles. The minimum absolute atomic E-state index is 0.0696. The van der Waals surface area contributed by atoms with Gasteiger partial charge in [0.15, 0.2) is 5.75 Å². The number of pyridine rings is 1. The molecule has 2 atom stereocenters. The number of rotatable bonds is 6. The third kappa shape index (κ3) is 5.65. The van der Waals surface area contributed by atoms with E-state index in [4.69, 9.17) is 9.47 Å². The van der Waals surface area contributed by atoms with Gasteiger partial charge in [0.2, 0.25) is 11.8 Å². The number of aromatic nitrogens is 3. The van der Waals surface area contributed by atoms with Crippen LogP contribution in [0.1, 0.15) is 49.7 Å². The maximum Gasteiger partial charge on any atom is 0.414 e. The number of alkyl halides is 2. The standard InChI is InChI=1S/C24H24F3N5O5/c1-11(15-5-4-6-16(19(15)25)20(26)27)28-24(35)37-23-17-9-18(22(34)31-21(17)29-12(2)30-23)36-14-7-8-32(10-14)13(3)33/h4-6,9,11,14,20H,7-8,10H2,1-3H3,(H,28,35)(H,29,30,31,34)/t11-,14+/m1/s1. The summed E-state index contributed by atoms with van der Waals surface area (Å²) in [6.45, 7) is 5.21. The number of amides is 2. The largest absolute Gasteiger partial charge is 0.483 e. The molecule has 2 N–H and O–H groups in total. The van der Waals surface area contributed by atoms with E-state index in [1.807, 2.05) is 0 Å². The molecule has 1 fully saturated rings. The molecule has 0 unspecified atom stereocenters. The van der Waals surface area contributed by atoms with Crippen molar-refractivity contribution in [2.45, 2.75) is 45.8 Å². The monoisotopic (exact) mass is 519 g/mol. The number of hydrogen-bond acceptors (Lipinski definition) is 7. The Bertz CT molecular complexity index is 1410. The summed E-state index contributed by atoms with van der Waals surface area (Å²) in [4.78, 5) is 49.2. The summed E-state index contributed by atoms with van der Waals surface area (Å²) >= 11 is 0. The normalized spacial score (nSPS) is 16.2. The fraction of sp³-hybridized carbons (Fsp3) is 0.375. The second-order valence-corrected chi connectivity index (χ2v) is 8.60. The molecule has 3 aromatic rings. The minimum atomic E-state index is -3.01. The number of ether oxygens (including phenoxy) is 2. The second-order valence-electron chi connectivity index (χ2n) is 8.60. The average molecular weight is 519 g/mol. The predicted octanol–water partition coefficient (Wildman–Crippen LogP) is 3.55. The molecular weight excluding hydrogens is 495 g/mol. The molecule has 0 radical (unpaired) electrons. The molecule has 13 heteroatoms. The lowest BCUT2D eigenvalue weighted by Gasteiger charge is -2.17. The highest BCUT2D eigenvalue weighted by Crippen LogP contribution is 2.28. The Balaban J connectivity index is 1.56. The first kappa shape index (κ1) is 25.9. The first-order valence-electron chi connectivity index (χ1n) is 11.4. The van der Waals surface area contributed by atoms with Crippen LogP contribution >= 0.6 is 0 Å². The van der Waals surface area contributed by atoms with Crippen LogP contribution in [-0.4, -0.2) is 51.0 Å². The molecule has 1 aromatic carbocycles. The quantitative estimate of drug-likeness (QED) is 0.510. The molecule has 2 amide bonds. The van der Waals surface area contributed by atoms with E-state index in [2.05, 4.69) is 20.3 Å². The van der Waals surface area contributed by atoms with Crippen LogP contribution in [0.5, 0.6) is 11.6 Å². The van der Waals surface area contributed by atoms with Crippen LogP contribution in [0.15, 0.2) is 29.1 Å². The fourth-order valence-corrected chi connectivity index (χ4v) is 4.05. The Labute approximate surface area is 208 Å². The molecule has 0 bridgehead atoms. The number of fused-ring (bicyclic) bond motifs is 1. The van der Waals surface area contributed by atoms with Crippen LogP contribution in [0, 0.1) is 12.7 Å². The summed E-state index contributed by atoms with van der Waals surface area (Å²) in [5.41, 5.74) is -1.39. The van der Waals surface area contributed by atoms with Gasteiger partial charge in [0.25, 0.3) is 12.0 Å². The van der Waals surface area contributed by atoms with Crippen molar-refractivity contribution >= 4 is 23.0 Å². The molecule has 1 aliphatic heterocycles. The van der Waals surface area contributed by atoms with E-state index >= 15 is 0 Å². The topological polar surface area (TPSA) is 127 Å². The number of aromatic amines is 1. The Hall–Kier alpha value is -4.16. The highest BCUT2D eigenvalue weighted by molar-refractivity contribution is 5.84. The molecule has 37 heavy (non-hydrogen) atoms. The number of hydrogen-bond donors (Lipinski definition) is 2. The van der Waals surface area contributed by atoms with Gasteiger partial charge in [-0.25, -0.2) is 22.9 Å². The average Bonchev–Trinajstić information content (AvgIpc) is 3.28. The number of carbonyl (C=O) groups is 2. The number of nitrogens with one attached hydrogen (secondary N) is 2. The Morgan fingerprint density at radius 3 is 2.65 bits per heavy atom. The lowest BCUT2D eigenvalue weighted by molar-refractivity contribution is -0.128. The molecule has 0 saturated carbocycles. The van der Waals surface area contributed by atoms with Crippen molar-refractivity contribution in [3.63, 3.8) is 0 Å². The van der Waals surface area contributed by atoms with E-state index < -0.39 is 41.6 Å². The van der Waals surface area contributed by atoms with E-state index in [9.17, 15) is 27.6 Å². The molecule has 4 rings (SSSR count). The first-order chi connectivity index (χ1) is 17.5. The highest BCUT2D eigenvalue weighted by atomic mass is 19.3. The van der Waals surface area contributed by atoms with Gasteiger partial charge in [-0.15, -0.1) is 0 Å². The van der Waals surface area contributed by atoms with Crippen molar-refractivity contribution in [1.29, 1.82) is 0 Å². The zero-order valence-corrected chi connectivity index (χ0v) is 20.2. The summed E-state index contributed by atoms with van der Waals surface area (Å²) in [7, 11) is 0. The maximum atomic E-state index is 14.5. The molecule has 10 nitrogen and oxygen atoms in total. The van der Waals surface area contributed by atoms with Gasteiger partial charge in [0.05, 0.1) is 23.5 Å².